The van der Waals surface area contributed by atoms with Crippen LogP contribution in [0.25, 0.3) is 5.57 Å². The Labute approximate surface area is 191 Å². The van der Waals surface area contributed by atoms with Gasteiger partial charge in [0, 0.05) is 30.0 Å². The standard InChI is InChI=1S/C28H33N3O/c1-20(27-12-4-5-13-28(27)32)14-21(2)30-18-24-9-6-10-25(15-24)19-31-22(3)26-11-7-8-23(16-26)17-29/h4-7,9-16,23,30-32H,1,3,8,17-19,29H2,2H3/b21-14+. The van der Waals surface area contributed by atoms with Crippen molar-refractivity contribution in [3.63, 3.8) is 0 Å². The van der Waals surface area contributed by atoms with Gasteiger partial charge in [0.1, 0.15) is 5.75 Å². The molecule has 0 spiro atoms. The molecule has 0 bridgehead atoms. The highest BCUT2D eigenvalue weighted by Gasteiger charge is 2.09. The molecular weight excluding hydrogens is 394 g/mol. The smallest absolute Gasteiger partial charge is 0.123 e. The number of benzene rings is 2. The van der Waals surface area contributed by atoms with Gasteiger partial charge in [0.25, 0.3) is 0 Å². The van der Waals surface area contributed by atoms with Gasteiger partial charge >= 0.3 is 0 Å². The van der Waals surface area contributed by atoms with E-state index in [0.717, 1.165) is 34.5 Å². The largest absolute Gasteiger partial charge is 0.507 e. The van der Waals surface area contributed by atoms with Crippen molar-refractivity contribution in [3.8, 4) is 5.75 Å². The number of phenols is 1. The first-order chi connectivity index (χ1) is 15.5. The average molecular weight is 428 g/mol. The van der Waals surface area contributed by atoms with Crippen LogP contribution in [0.2, 0.25) is 0 Å². The minimum atomic E-state index is 0.237. The molecule has 32 heavy (non-hydrogen) atoms. The van der Waals surface area contributed by atoms with Gasteiger partial charge in [-0.1, -0.05) is 73.9 Å². The first-order valence-corrected chi connectivity index (χ1v) is 10.9. The molecule has 1 unspecified atom stereocenters. The normalized spacial score (nSPS) is 15.8. The van der Waals surface area contributed by atoms with E-state index in [0.29, 0.717) is 25.6 Å². The summed E-state index contributed by atoms with van der Waals surface area (Å²) >= 11 is 0. The highest BCUT2D eigenvalue weighted by atomic mass is 16.3. The summed E-state index contributed by atoms with van der Waals surface area (Å²) in [4.78, 5) is 0. The van der Waals surface area contributed by atoms with Gasteiger partial charge in [-0.15, -0.1) is 0 Å². The predicted octanol–water partition coefficient (Wildman–Crippen LogP) is 5.16. The topological polar surface area (TPSA) is 70.3 Å². The van der Waals surface area contributed by atoms with Crippen LogP contribution in [0.1, 0.15) is 30.0 Å². The molecule has 0 amide bonds. The summed E-state index contributed by atoms with van der Waals surface area (Å²) in [6.45, 7) is 12.3. The lowest BCUT2D eigenvalue weighted by molar-refractivity contribution is 0.474. The molecule has 4 heteroatoms. The van der Waals surface area contributed by atoms with Crippen LogP contribution < -0.4 is 16.4 Å². The highest BCUT2D eigenvalue weighted by Crippen LogP contribution is 2.24. The third-order valence-electron chi connectivity index (χ3n) is 5.51. The molecule has 5 N–H and O–H groups in total. The van der Waals surface area contributed by atoms with E-state index in [1.807, 2.05) is 25.1 Å². The van der Waals surface area contributed by atoms with Crippen molar-refractivity contribution in [1.29, 1.82) is 0 Å². The lowest BCUT2D eigenvalue weighted by Crippen LogP contribution is -2.18. The van der Waals surface area contributed by atoms with Gasteiger partial charge in [0.2, 0.25) is 0 Å². The summed E-state index contributed by atoms with van der Waals surface area (Å²) in [5, 5.41) is 16.9. The zero-order valence-corrected chi connectivity index (χ0v) is 18.8. The molecule has 0 radical (unpaired) electrons. The quantitative estimate of drug-likeness (QED) is 0.395. The maximum atomic E-state index is 10.00. The van der Waals surface area contributed by atoms with Gasteiger partial charge in [-0.25, -0.2) is 0 Å². The Morgan fingerprint density at radius 2 is 1.81 bits per heavy atom. The van der Waals surface area contributed by atoms with Crippen LogP contribution in [0, 0.1) is 5.92 Å². The molecule has 2 aromatic rings. The van der Waals surface area contributed by atoms with E-state index in [-0.39, 0.29) is 5.75 Å². The van der Waals surface area contributed by atoms with Crippen LogP contribution in [0.5, 0.6) is 5.75 Å². The van der Waals surface area contributed by atoms with Crippen LogP contribution in [0.4, 0.5) is 0 Å². The maximum absolute atomic E-state index is 10.00. The van der Waals surface area contributed by atoms with Gasteiger partial charge in [-0.3, -0.25) is 0 Å². The van der Waals surface area contributed by atoms with E-state index in [2.05, 4.69) is 66.3 Å². The SMILES string of the molecule is C=C(NCc1cccc(CN/C(C)=C/C(=C)c2ccccc2O)c1)C1=CC(CN)CC=C1. The van der Waals surface area contributed by atoms with Gasteiger partial charge in [-0.05, 0) is 60.2 Å². The van der Waals surface area contributed by atoms with Crippen molar-refractivity contribution < 1.29 is 5.11 Å². The number of aromatic hydroxyl groups is 1. The summed E-state index contributed by atoms with van der Waals surface area (Å²) in [5.74, 6) is 0.627. The summed E-state index contributed by atoms with van der Waals surface area (Å²) in [5.41, 5.74) is 12.7. The van der Waals surface area contributed by atoms with Crippen molar-refractivity contribution >= 4 is 5.57 Å². The number of para-hydroxylation sites is 1. The molecule has 2 aromatic carbocycles. The molecular formula is C28H33N3O. The first-order valence-electron chi connectivity index (χ1n) is 10.9. The zero-order valence-electron chi connectivity index (χ0n) is 18.8. The van der Waals surface area contributed by atoms with Gasteiger partial charge < -0.3 is 21.5 Å². The third kappa shape index (κ3) is 6.50. The van der Waals surface area contributed by atoms with E-state index in [9.17, 15) is 5.11 Å². The lowest BCUT2D eigenvalue weighted by atomic mass is 9.95. The highest BCUT2D eigenvalue weighted by molar-refractivity contribution is 5.76. The Balaban J connectivity index is 1.54. The second kappa shape index (κ2) is 11.2. The number of hydrogen-bond donors (Lipinski definition) is 4. The van der Waals surface area contributed by atoms with Crippen molar-refractivity contribution in [2.24, 2.45) is 11.7 Å². The van der Waals surface area contributed by atoms with E-state index in [1.54, 1.807) is 12.1 Å². The fourth-order valence-corrected chi connectivity index (χ4v) is 3.65. The van der Waals surface area contributed by atoms with Crippen LogP contribution in [0.3, 0.4) is 0 Å². The number of nitrogens with one attached hydrogen (secondary N) is 2. The van der Waals surface area contributed by atoms with Crippen molar-refractivity contribution in [3.05, 3.63) is 120 Å². The van der Waals surface area contributed by atoms with Crippen LogP contribution in [-0.4, -0.2) is 11.7 Å². The Bertz CT molecular complexity index is 1060. The van der Waals surface area contributed by atoms with E-state index >= 15 is 0 Å². The number of nitrogens with two attached hydrogens (primary N) is 1. The zero-order chi connectivity index (χ0) is 22.9. The Hall–Kier alpha value is -3.50. The summed E-state index contributed by atoms with van der Waals surface area (Å²) in [6.07, 6.45) is 9.42. The number of allylic oxidation sites excluding steroid dienone is 5. The molecule has 0 fully saturated rings. The van der Waals surface area contributed by atoms with E-state index < -0.39 is 0 Å². The van der Waals surface area contributed by atoms with E-state index in [4.69, 9.17) is 5.73 Å². The molecule has 0 saturated heterocycles. The molecule has 1 aliphatic rings. The van der Waals surface area contributed by atoms with Crippen LogP contribution >= 0.6 is 0 Å². The maximum Gasteiger partial charge on any atom is 0.123 e. The molecule has 0 aromatic heterocycles. The second-order valence-electron chi connectivity index (χ2n) is 8.13. The average Bonchev–Trinajstić information content (AvgIpc) is 2.81. The van der Waals surface area contributed by atoms with Crippen molar-refractivity contribution in [1.82, 2.24) is 10.6 Å². The first kappa shape index (κ1) is 23.2. The Morgan fingerprint density at radius 1 is 1.09 bits per heavy atom. The van der Waals surface area contributed by atoms with Crippen molar-refractivity contribution in [2.45, 2.75) is 26.4 Å². The van der Waals surface area contributed by atoms with Crippen molar-refractivity contribution in [2.75, 3.05) is 6.54 Å². The van der Waals surface area contributed by atoms with Crippen LogP contribution in [0.15, 0.2) is 103 Å². The summed E-state index contributed by atoms with van der Waals surface area (Å²) < 4.78 is 0. The van der Waals surface area contributed by atoms with Gasteiger partial charge in [-0.2, -0.15) is 0 Å². The minimum Gasteiger partial charge on any atom is -0.507 e. The number of hydrogen-bond acceptors (Lipinski definition) is 4. The number of phenolic OH excluding ortho intramolecular Hbond substituents is 1. The molecule has 4 nitrogen and oxygen atoms in total. The Kier molecular flexibility index (Phi) is 8.12. The monoisotopic (exact) mass is 427 g/mol. The van der Waals surface area contributed by atoms with Gasteiger partial charge in [0.15, 0.2) is 0 Å². The second-order valence-corrected chi connectivity index (χ2v) is 8.13. The molecule has 0 saturated carbocycles. The predicted molar refractivity (Wildman–Crippen MR) is 135 cm³/mol. The van der Waals surface area contributed by atoms with Crippen LogP contribution in [-0.2, 0) is 13.1 Å². The minimum absolute atomic E-state index is 0.237. The molecule has 1 atom stereocenters. The fourth-order valence-electron chi connectivity index (χ4n) is 3.65. The number of rotatable bonds is 10. The molecule has 166 valence electrons. The molecule has 0 aliphatic heterocycles. The third-order valence-corrected chi connectivity index (χ3v) is 5.51. The fraction of sp³-hybridized carbons (Fsp3) is 0.214. The van der Waals surface area contributed by atoms with E-state index in [1.165, 1.54) is 11.1 Å². The Morgan fingerprint density at radius 3 is 2.53 bits per heavy atom. The summed E-state index contributed by atoms with van der Waals surface area (Å²) in [7, 11) is 0. The molecule has 1 aliphatic carbocycles. The molecule has 0 heterocycles. The molecule has 3 rings (SSSR count). The van der Waals surface area contributed by atoms with Gasteiger partial charge in [0.05, 0.1) is 0 Å². The lowest BCUT2D eigenvalue weighted by Gasteiger charge is -2.18. The summed E-state index contributed by atoms with van der Waals surface area (Å²) in [6, 6.07) is 15.7.